The molecule has 1 aromatic carbocycles. The van der Waals surface area contributed by atoms with Crippen molar-refractivity contribution in [3.8, 4) is 11.5 Å². The summed E-state index contributed by atoms with van der Waals surface area (Å²) in [4.78, 5) is 8.95. The zero-order valence-corrected chi connectivity index (χ0v) is 19.4. The fourth-order valence-corrected chi connectivity index (χ4v) is 2.50. The molecule has 2 rings (SSSR count). The monoisotopic (exact) mass is 498 g/mol. The van der Waals surface area contributed by atoms with Crippen LogP contribution in [0.25, 0.3) is 0 Å². The van der Waals surface area contributed by atoms with E-state index in [-0.39, 0.29) is 30.1 Å². The summed E-state index contributed by atoms with van der Waals surface area (Å²) in [6.07, 6.45) is 2.74. The smallest absolute Gasteiger partial charge is 0.191 e. The number of nitrogens with one attached hydrogen (secondary N) is 2. The normalized spacial score (nSPS) is 11.9. The van der Waals surface area contributed by atoms with Crippen LogP contribution in [-0.4, -0.2) is 43.8 Å². The summed E-state index contributed by atoms with van der Waals surface area (Å²) in [6.45, 7) is 8.18. The van der Waals surface area contributed by atoms with E-state index < -0.39 is 0 Å². The van der Waals surface area contributed by atoms with Crippen LogP contribution in [0.1, 0.15) is 25.1 Å². The van der Waals surface area contributed by atoms with Gasteiger partial charge in [0.2, 0.25) is 0 Å². The number of hydrogen-bond donors (Lipinski definition) is 2. The number of nitrogens with zero attached hydrogens (tertiary/aromatic N) is 2. The molecule has 7 heteroatoms. The molecule has 1 heterocycles. The number of aromatic nitrogens is 1. The van der Waals surface area contributed by atoms with Gasteiger partial charge in [0.1, 0.15) is 6.10 Å². The zero-order chi connectivity index (χ0) is 19.5. The van der Waals surface area contributed by atoms with Gasteiger partial charge in [0.25, 0.3) is 0 Å². The molecule has 1 aromatic heterocycles. The molecule has 0 bridgehead atoms. The molecule has 2 aromatic rings. The first-order chi connectivity index (χ1) is 13.1. The summed E-state index contributed by atoms with van der Waals surface area (Å²) in [5, 5.41) is 6.62. The molecule has 0 aliphatic heterocycles. The Balaban J connectivity index is 0.00000392. The van der Waals surface area contributed by atoms with Crippen molar-refractivity contribution in [2.24, 2.45) is 4.99 Å². The topological polar surface area (TPSA) is 67.8 Å². The molecule has 0 saturated carbocycles. The van der Waals surface area contributed by atoms with Crippen LogP contribution in [0.5, 0.6) is 11.5 Å². The van der Waals surface area contributed by atoms with Crippen molar-refractivity contribution < 1.29 is 9.47 Å². The van der Waals surface area contributed by atoms with Gasteiger partial charge in [0.05, 0.1) is 13.7 Å². The minimum Gasteiger partial charge on any atom is -0.493 e. The van der Waals surface area contributed by atoms with Gasteiger partial charge in [0.15, 0.2) is 17.5 Å². The number of halogens is 1. The van der Waals surface area contributed by atoms with Crippen molar-refractivity contribution in [2.75, 3.05) is 26.7 Å². The molecule has 0 saturated heterocycles. The van der Waals surface area contributed by atoms with E-state index in [4.69, 9.17) is 9.47 Å². The van der Waals surface area contributed by atoms with Gasteiger partial charge in [-0.1, -0.05) is 18.2 Å². The van der Waals surface area contributed by atoms with E-state index in [9.17, 15) is 0 Å². The van der Waals surface area contributed by atoms with Crippen molar-refractivity contribution in [1.82, 2.24) is 15.6 Å². The quantitative estimate of drug-likeness (QED) is 0.314. The molecule has 28 heavy (non-hydrogen) atoms. The summed E-state index contributed by atoms with van der Waals surface area (Å²) in [7, 11) is 1.64. The highest BCUT2D eigenvalue weighted by molar-refractivity contribution is 14.0. The zero-order valence-electron chi connectivity index (χ0n) is 17.1. The van der Waals surface area contributed by atoms with E-state index in [1.165, 1.54) is 5.56 Å². The molecule has 2 N–H and O–H groups in total. The van der Waals surface area contributed by atoms with Crippen LogP contribution in [0.2, 0.25) is 0 Å². The van der Waals surface area contributed by atoms with E-state index in [0.29, 0.717) is 6.54 Å². The van der Waals surface area contributed by atoms with E-state index in [1.54, 1.807) is 7.11 Å². The predicted molar refractivity (Wildman–Crippen MR) is 125 cm³/mol. The summed E-state index contributed by atoms with van der Waals surface area (Å²) in [6, 6.07) is 11.8. The molecule has 0 fully saturated rings. The maximum atomic E-state index is 5.95. The van der Waals surface area contributed by atoms with Gasteiger partial charge in [-0.3, -0.25) is 4.98 Å². The largest absolute Gasteiger partial charge is 0.493 e. The highest BCUT2D eigenvalue weighted by Crippen LogP contribution is 2.26. The summed E-state index contributed by atoms with van der Waals surface area (Å²) in [5.41, 5.74) is 2.24. The Morgan fingerprint density at radius 2 is 1.89 bits per heavy atom. The molecule has 154 valence electrons. The highest BCUT2D eigenvalue weighted by atomic mass is 127. The molecular formula is C21H31IN4O2. The number of rotatable bonds is 9. The second-order valence-corrected chi connectivity index (χ2v) is 6.28. The van der Waals surface area contributed by atoms with Gasteiger partial charge in [-0.2, -0.15) is 0 Å². The van der Waals surface area contributed by atoms with E-state index in [0.717, 1.165) is 42.7 Å². The summed E-state index contributed by atoms with van der Waals surface area (Å²) in [5.74, 6) is 2.24. The van der Waals surface area contributed by atoms with Crippen LogP contribution in [0.3, 0.4) is 0 Å². The third kappa shape index (κ3) is 8.33. The molecule has 0 amide bonds. The van der Waals surface area contributed by atoms with Gasteiger partial charge in [-0.15, -0.1) is 24.0 Å². The Bertz CT molecular complexity index is 723. The lowest BCUT2D eigenvalue weighted by Crippen LogP contribution is -2.39. The van der Waals surface area contributed by atoms with Gasteiger partial charge in [-0.25, -0.2) is 4.99 Å². The van der Waals surface area contributed by atoms with Crippen molar-refractivity contribution in [3.05, 3.63) is 53.9 Å². The fourth-order valence-electron chi connectivity index (χ4n) is 2.50. The average Bonchev–Trinajstić information content (AvgIpc) is 2.68. The molecule has 0 spiro atoms. The van der Waals surface area contributed by atoms with E-state index in [2.05, 4.69) is 33.6 Å². The third-order valence-electron chi connectivity index (χ3n) is 3.93. The number of ether oxygens (including phenoxy) is 2. The number of benzene rings is 1. The minimum absolute atomic E-state index is 0. The Morgan fingerprint density at radius 3 is 2.54 bits per heavy atom. The number of hydrogen-bond acceptors (Lipinski definition) is 4. The Kier molecular flexibility index (Phi) is 11.3. The van der Waals surface area contributed by atoms with Gasteiger partial charge < -0.3 is 20.1 Å². The lowest BCUT2D eigenvalue weighted by atomic mass is 10.2. The van der Waals surface area contributed by atoms with Gasteiger partial charge in [0, 0.05) is 25.0 Å². The van der Waals surface area contributed by atoms with Crippen LogP contribution in [0.15, 0.2) is 47.6 Å². The van der Waals surface area contributed by atoms with Crippen molar-refractivity contribution in [2.45, 2.75) is 33.3 Å². The number of aryl methyl sites for hydroxylation is 1. The number of methoxy groups -OCH3 is 1. The minimum atomic E-state index is -0.0712. The number of guanidine groups is 1. The third-order valence-corrected chi connectivity index (χ3v) is 3.93. The average molecular weight is 498 g/mol. The lowest BCUT2D eigenvalue weighted by molar-refractivity contribution is 0.219. The number of pyridine rings is 1. The molecule has 0 aliphatic rings. The Labute approximate surface area is 185 Å². The van der Waals surface area contributed by atoms with E-state index >= 15 is 0 Å². The van der Waals surface area contributed by atoms with E-state index in [1.807, 2.05) is 50.4 Å². The van der Waals surface area contributed by atoms with Crippen molar-refractivity contribution >= 4 is 29.9 Å². The van der Waals surface area contributed by atoms with Crippen LogP contribution in [0.4, 0.5) is 0 Å². The van der Waals surface area contributed by atoms with Crippen molar-refractivity contribution in [1.29, 1.82) is 0 Å². The van der Waals surface area contributed by atoms with Gasteiger partial charge in [-0.05, 0) is 51.0 Å². The maximum Gasteiger partial charge on any atom is 0.191 e. The first-order valence-electron chi connectivity index (χ1n) is 9.35. The summed E-state index contributed by atoms with van der Waals surface area (Å²) >= 11 is 0. The van der Waals surface area contributed by atoms with Crippen molar-refractivity contribution in [3.63, 3.8) is 0 Å². The molecule has 6 nitrogen and oxygen atoms in total. The molecule has 1 atom stereocenters. The Hall–Kier alpha value is -2.03. The first-order valence-corrected chi connectivity index (χ1v) is 9.35. The Morgan fingerprint density at radius 1 is 1.14 bits per heavy atom. The van der Waals surface area contributed by atoms with Crippen LogP contribution in [-0.2, 0) is 6.42 Å². The number of aliphatic imine (C=N–C) groups is 1. The maximum absolute atomic E-state index is 5.95. The standard InChI is InChI=1S/C21H30N4O2.HI/c1-5-22-21(23-13-12-18-11-10-16(2)24-15-18)25-14-17(3)27-20-9-7-6-8-19(20)26-4;/h6-11,15,17H,5,12-14H2,1-4H3,(H2,22,23,25);1H. The number of para-hydroxylation sites is 2. The van der Waals surface area contributed by atoms with Crippen LogP contribution >= 0.6 is 24.0 Å². The second kappa shape index (κ2) is 13.2. The predicted octanol–water partition coefficient (Wildman–Crippen LogP) is 3.58. The van der Waals surface area contributed by atoms with Crippen LogP contribution in [0, 0.1) is 6.92 Å². The fraction of sp³-hybridized carbons (Fsp3) is 0.429. The first kappa shape index (κ1) is 24.0. The molecule has 1 unspecified atom stereocenters. The summed E-state index contributed by atoms with van der Waals surface area (Å²) < 4.78 is 11.3. The lowest BCUT2D eigenvalue weighted by Gasteiger charge is -2.16. The SMILES string of the molecule is CCNC(=NCC(C)Oc1ccccc1OC)NCCc1ccc(C)nc1.I. The van der Waals surface area contributed by atoms with Gasteiger partial charge >= 0.3 is 0 Å². The second-order valence-electron chi connectivity index (χ2n) is 6.28. The molecular weight excluding hydrogens is 467 g/mol. The van der Waals surface area contributed by atoms with Crippen LogP contribution < -0.4 is 20.1 Å². The highest BCUT2D eigenvalue weighted by Gasteiger charge is 2.08. The molecule has 0 aliphatic carbocycles. The molecule has 0 radical (unpaired) electrons.